The molecule has 8 heteroatoms. The molecule has 166 valence electrons. The van der Waals surface area contributed by atoms with E-state index in [0.29, 0.717) is 22.0 Å². The number of benzene rings is 3. The Hall–Kier alpha value is -3.68. The predicted octanol–water partition coefficient (Wildman–Crippen LogP) is 4.40. The molecule has 3 atom stereocenters. The Morgan fingerprint density at radius 3 is 2.18 bits per heavy atom. The summed E-state index contributed by atoms with van der Waals surface area (Å²) >= 11 is 6.51. The maximum atomic E-state index is 13.6. The van der Waals surface area contributed by atoms with Gasteiger partial charge in [0.25, 0.3) is 5.91 Å². The number of amides is 2. The molecule has 0 aromatic heterocycles. The lowest BCUT2D eigenvalue weighted by Gasteiger charge is -2.29. The van der Waals surface area contributed by atoms with Crippen molar-refractivity contribution in [2.75, 3.05) is 9.96 Å². The maximum Gasteiger partial charge on any atom is 0.335 e. The molecular formula is C25H19ClN2O5. The average molecular weight is 463 g/mol. The molecule has 2 saturated heterocycles. The van der Waals surface area contributed by atoms with Crippen molar-refractivity contribution in [2.45, 2.75) is 19.1 Å². The van der Waals surface area contributed by atoms with E-state index in [1.165, 1.54) is 24.3 Å². The van der Waals surface area contributed by atoms with Crippen molar-refractivity contribution in [3.05, 3.63) is 94.5 Å². The highest BCUT2D eigenvalue weighted by Crippen LogP contribution is 2.48. The number of carboxylic acid groups (broad SMARTS) is 1. The summed E-state index contributed by atoms with van der Waals surface area (Å²) in [5.41, 5.74) is 2.81. The third kappa shape index (κ3) is 3.46. The second-order valence-electron chi connectivity index (χ2n) is 8.04. The molecule has 0 bridgehead atoms. The summed E-state index contributed by atoms with van der Waals surface area (Å²) in [5, 5.41) is 11.2. The van der Waals surface area contributed by atoms with Gasteiger partial charge in [-0.15, -0.1) is 0 Å². The number of nitrogens with zero attached hydrogens (tertiary/aromatic N) is 2. The molecule has 1 N–H and O–H groups in total. The van der Waals surface area contributed by atoms with Gasteiger partial charge in [-0.3, -0.25) is 14.4 Å². The molecular weight excluding hydrogens is 444 g/mol. The number of hydroxylamine groups is 1. The van der Waals surface area contributed by atoms with E-state index in [1.54, 1.807) is 17.2 Å². The van der Waals surface area contributed by atoms with Crippen LogP contribution in [0.4, 0.5) is 11.4 Å². The molecule has 2 fully saturated rings. The number of aromatic carboxylic acids is 1. The summed E-state index contributed by atoms with van der Waals surface area (Å²) in [5.74, 6) is -2.83. The molecule has 0 aliphatic carbocycles. The van der Waals surface area contributed by atoms with Crippen molar-refractivity contribution in [2.24, 2.45) is 5.92 Å². The third-order valence-corrected chi connectivity index (χ3v) is 6.34. The summed E-state index contributed by atoms with van der Waals surface area (Å²) < 4.78 is 0. The van der Waals surface area contributed by atoms with Crippen molar-refractivity contribution in [1.82, 2.24) is 0 Å². The van der Waals surface area contributed by atoms with Gasteiger partial charge < -0.3 is 5.11 Å². The number of carboxylic acids is 1. The zero-order chi connectivity index (χ0) is 23.3. The van der Waals surface area contributed by atoms with E-state index < -0.39 is 35.8 Å². The van der Waals surface area contributed by atoms with Crippen LogP contribution < -0.4 is 9.96 Å². The Morgan fingerprint density at radius 1 is 0.909 bits per heavy atom. The number of halogens is 1. The lowest BCUT2D eigenvalue weighted by atomic mass is 9.90. The molecule has 2 aliphatic heterocycles. The fourth-order valence-corrected chi connectivity index (χ4v) is 4.62. The molecule has 0 unspecified atom stereocenters. The molecule has 5 rings (SSSR count). The fraction of sp³-hybridized carbons (Fsp3) is 0.160. The second kappa shape index (κ2) is 8.03. The Morgan fingerprint density at radius 2 is 1.55 bits per heavy atom. The Labute approximate surface area is 194 Å². The molecule has 3 aromatic rings. The van der Waals surface area contributed by atoms with E-state index in [1.807, 2.05) is 43.3 Å². The minimum atomic E-state index is -1.09. The van der Waals surface area contributed by atoms with Gasteiger partial charge in [-0.25, -0.2) is 14.8 Å². The summed E-state index contributed by atoms with van der Waals surface area (Å²) in [6.07, 6.45) is -1.03. The molecule has 0 radical (unpaired) electrons. The first-order chi connectivity index (χ1) is 15.9. The Kier molecular flexibility index (Phi) is 5.15. The van der Waals surface area contributed by atoms with Crippen LogP contribution in [0.5, 0.6) is 0 Å². The summed E-state index contributed by atoms with van der Waals surface area (Å²) in [7, 11) is 0. The van der Waals surface area contributed by atoms with E-state index >= 15 is 0 Å². The molecule has 3 aromatic carbocycles. The van der Waals surface area contributed by atoms with Crippen molar-refractivity contribution in [3.63, 3.8) is 0 Å². The standard InChI is InChI=1S/C25H19ClN2O5/c1-14-6-10-17(11-7-14)28-21(18-4-2-3-5-19(18)26)20-22(33-28)24(30)27(23(20)29)16-12-8-15(9-13-16)25(31)32/h2-13,20-22H,1H3,(H,31,32)/t20-,21-,22+/m0/s1. The third-order valence-electron chi connectivity index (χ3n) is 6.00. The highest BCUT2D eigenvalue weighted by Gasteiger charge is 2.60. The van der Waals surface area contributed by atoms with Crippen LogP contribution in [-0.4, -0.2) is 29.0 Å². The number of imide groups is 1. The van der Waals surface area contributed by atoms with Gasteiger partial charge in [-0.2, -0.15) is 0 Å². The van der Waals surface area contributed by atoms with Gasteiger partial charge in [-0.1, -0.05) is 47.5 Å². The molecule has 33 heavy (non-hydrogen) atoms. The number of carbonyl (C=O) groups is 3. The lowest BCUT2D eigenvalue weighted by molar-refractivity contribution is -0.126. The van der Waals surface area contributed by atoms with Gasteiger partial charge in [0.1, 0.15) is 5.92 Å². The van der Waals surface area contributed by atoms with Crippen molar-refractivity contribution >= 4 is 40.8 Å². The van der Waals surface area contributed by atoms with Gasteiger partial charge in [0.2, 0.25) is 5.91 Å². The van der Waals surface area contributed by atoms with Gasteiger partial charge in [0.05, 0.1) is 23.0 Å². The smallest absolute Gasteiger partial charge is 0.335 e. The minimum absolute atomic E-state index is 0.0637. The van der Waals surface area contributed by atoms with Crippen LogP contribution in [0.3, 0.4) is 0 Å². The first-order valence-electron chi connectivity index (χ1n) is 10.3. The number of anilines is 2. The Bertz CT molecular complexity index is 1260. The van der Waals surface area contributed by atoms with Crippen LogP contribution in [0.25, 0.3) is 0 Å². The highest BCUT2D eigenvalue weighted by atomic mass is 35.5. The normalized spacial score (nSPS) is 22.1. The number of aryl methyl sites for hydroxylation is 1. The Balaban J connectivity index is 1.57. The zero-order valence-corrected chi connectivity index (χ0v) is 18.3. The number of hydrogen-bond acceptors (Lipinski definition) is 5. The quantitative estimate of drug-likeness (QED) is 0.578. The van der Waals surface area contributed by atoms with Crippen molar-refractivity contribution in [1.29, 1.82) is 0 Å². The summed E-state index contributed by atoms with van der Waals surface area (Å²) in [6.45, 7) is 1.97. The van der Waals surface area contributed by atoms with Gasteiger partial charge in [-0.05, 0) is 55.0 Å². The number of rotatable bonds is 4. The van der Waals surface area contributed by atoms with Gasteiger partial charge in [0.15, 0.2) is 6.10 Å². The largest absolute Gasteiger partial charge is 0.478 e. The van der Waals surface area contributed by atoms with E-state index in [4.69, 9.17) is 21.5 Å². The molecule has 0 spiro atoms. The number of hydrogen-bond donors (Lipinski definition) is 1. The van der Waals surface area contributed by atoms with Gasteiger partial charge in [0, 0.05) is 5.02 Å². The molecule has 2 aliphatic rings. The minimum Gasteiger partial charge on any atom is -0.478 e. The predicted molar refractivity (Wildman–Crippen MR) is 122 cm³/mol. The summed E-state index contributed by atoms with van der Waals surface area (Å²) in [4.78, 5) is 45.2. The highest BCUT2D eigenvalue weighted by molar-refractivity contribution is 6.31. The van der Waals surface area contributed by atoms with Crippen LogP contribution in [0.15, 0.2) is 72.8 Å². The fourth-order valence-electron chi connectivity index (χ4n) is 4.37. The zero-order valence-electron chi connectivity index (χ0n) is 17.5. The van der Waals surface area contributed by atoms with Crippen LogP contribution in [0.2, 0.25) is 5.02 Å². The topological polar surface area (TPSA) is 87.2 Å². The van der Waals surface area contributed by atoms with E-state index in [-0.39, 0.29) is 5.56 Å². The molecule has 2 heterocycles. The van der Waals surface area contributed by atoms with Crippen LogP contribution >= 0.6 is 11.6 Å². The van der Waals surface area contributed by atoms with E-state index in [0.717, 1.165) is 10.5 Å². The van der Waals surface area contributed by atoms with Crippen molar-refractivity contribution < 1.29 is 24.3 Å². The van der Waals surface area contributed by atoms with Crippen LogP contribution in [0, 0.1) is 12.8 Å². The van der Waals surface area contributed by atoms with E-state index in [2.05, 4.69) is 0 Å². The van der Waals surface area contributed by atoms with Crippen molar-refractivity contribution in [3.8, 4) is 0 Å². The number of carbonyl (C=O) groups excluding carboxylic acids is 2. The molecule has 7 nitrogen and oxygen atoms in total. The van der Waals surface area contributed by atoms with Crippen LogP contribution in [-0.2, 0) is 14.4 Å². The monoisotopic (exact) mass is 462 g/mol. The number of fused-ring (bicyclic) bond motifs is 1. The second-order valence-corrected chi connectivity index (χ2v) is 8.45. The lowest BCUT2D eigenvalue weighted by Crippen LogP contribution is -2.37. The van der Waals surface area contributed by atoms with Crippen LogP contribution in [0.1, 0.15) is 27.5 Å². The first kappa shape index (κ1) is 21.2. The summed E-state index contributed by atoms with van der Waals surface area (Å²) in [6, 6.07) is 19.8. The molecule has 2 amide bonds. The first-order valence-corrected chi connectivity index (χ1v) is 10.7. The van der Waals surface area contributed by atoms with Gasteiger partial charge >= 0.3 is 5.97 Å². The average Bonchev–Trinajstić information content (AvgIpc) is 3.31. The van der Waals surface area contributed by atoms with E-state index in [9.17, 15) is 14.4 Å². The molecule has 0 saturated carbocycles. The SMILES string of the molecule is Cc1ccc(N2O[C@H]3C(=O)N(c4ccc(C(=O)O)cc4)C(=O)[C@H]3[C@@H]2c2ccccc2Cl)cc1. The maximum absolute atomic E-state index is 13.6.